The van der Waals surface area contributed by atoms with Gasteiger partial charge in [0.25, 0.3) is 14.2 Å². The van der Waals surface area contributed by atoms with Crippen LogP contribution in [-0.4, -0.2) is 32.7 Å². The molecule has 0 amide bonds. The minimum atomic E-state index is -3.89. The van der Waals surface area contributed by atoms with E-state index in [1.165, 1.54) is 0 Å². The highest BCUT2D eigenvalue weighted by atomic mass is 35.7. The summed E-state index contributed by atoms with van der Waals surface area (Å²) in [6.45, 7) is 0. The fourth-order valence-electron chi connectivity index (χ4n) is 1.85. The Kier molecular flexibility index (Phi) is 2.46. The van der Waals surface area contributed by atoms with Crippen molar-refractivity contribution in [2.24, 2.45) is 7.05 Å². The van der Waals surface area contributed by atoms with Crippen LogP contribution in [0.2, 0.25) is 0 Å². The van der Waals surface area contributed by atoms with E-state index in [0.29, 0.717) is 11.5 Å². The highest BCUT2D eigenvalue weighted by Gasteiger charge is 2.34. The number of aromatic nitrogens is 5. The van der Waals surface area contributed by atoms with E-state index in [9.17, 15) is 8.42 Å². The minimum Gasteiger partial charge on any atom is -0.331 e. The molecule has 0 spiro atoms. The minimum absolute atomic E-state index is 0.105. The van der Waals surface area contributed by atoms with Crippen molar-refractivity contribution in [1.29, 1.82) is 0 Å². The molecule has 0 aliphatic heterocycles. The van der Waals surface area contributed by atoms with Crippen LogP contribution in [-0.2, 0) is 16.1 Å². The van der Waals surface area contributed by atoms with Crippen LogP contribution in [0.5, 0.6) is 0 Å². The van der Waals surface area contributed by atoms with Crippen molar-refractivity contribution < 1.29 is 8.42 Å². The van der Waals surface area contributed by atoms with Crippen molar-refractivity contribution in [2.45, 2.75) is 24.0 Å². The van der Waals surface area contributed by atoms with Gasteiger partial charge in [-0.2, -0.15) is 0 Å². The maximum Gasteiger partial charge on any atom is 0.296 e. The summed E-state index contributed by atoms with van der Waals surface area (Å²) in [5.41, 5.74) is 0.709. The molecule has 0 N–H and O–H groups in total. The Morgan fingerprint density at radius 3 is 2.61 bits per heavy atom. The summed E-state index contributed by atoms with van der Waals surface area (Å²) < 4.78 is 26.3. The number of nitrogens with zero attached hydrogens (tertiary/aromatic N) is 5. The Labute approximate surface area is 108 Å². The molecule has 0 bridgehead atoms. The summed E-state index contributed by atoms with van der Waals surface area (Å²) in [6, 6.07) is 0.105. The Bertz CT molecular complexity index is 700. The summed E-state index contributed by atoms with van der Waals surface area (Å²) in [5, 5.41) is 7.44. The van der Waals surface area contributed by atoms with Crippen LogP contribution >= 0.6 is 10.7 Å². The average molecular weight is 288 g/mol. The molecule has 2 aromatic heterocycles. The molecule has 2 heterocycles. The molecule has 96 valence electrons. The van der Waals surface area contributed by atoms with E-state index in [2.05, 4.69) is 15.2 Å². The van der Waals surface area contributed by atoms with E-state index < -0.39 is 9.05 Å². The van der Waals surface area contributed by atoms with Gasteiger partial charge in [-0.3, -0.25) is 4.57 Å². The number of halogens is 1. The maximum atomic E-state index is 11.5. The molecule has 2 aromatic rings. The molecule has 0 radical (unpaired) electrons. The molecule has 1 fully saturated rings. The topological polar surface area (TPSA) is 82.7 Å². The molecule has 9 heteroatoms. The molecule has 0 unspecified atom stereocenters. The van der Waals surface area contributed by atoms with E-state index in [4.69, 9.17) is 10.7 Å². The highest BCUT2D eigenvalue weighted by molar-refractivity contribution is 8.13. The van der Waals surface area contributed by atoms with Crippen molar-refractivity contribution in [3.8, 4) is 11.5 Å². The molecule has 0 atom stereocenters. The van der Waals surface area contributed by atoms with E-state index in [-0.39, 0.29) is 11.2 Å². The lowest BCUT2D eigenvalue weighted by molar-refractivity contribution is 0.578. The second kappa shape index (κ2) is 3.79. The Balaban J connectivity index is 2.23. The SMILES string of the molecule is Cn1cncc1-c1nnc(S(=O)(=O)Cl)n1C1CC1. The lowest BCUT2D eigenvalue weighted by atomic mass is 10.4. The van der Waals surface area contributed by atoms with Crippen molar-refractivity contribution in [1.82, 2.24) is 24.3 Å². The third-order valence-corrected chi connectivity index (χ3v) is 3.97. The average Bonchev–Trinajstić information content (AvgIpc) is 2.86. The van der Waals surface area contributed by atoms with Gasteiger partial charge in [0, 0.05) is 23.8 Å². The number of hydrogen-bond donors (Lipinski definition) is 0. The second-order valence-corrected chi connectivity index (χ2v) is 6.69. The number of imidazole rings is 1. The Morgan fingerprint density at radius 1 is 1.39 bits per heavy atom. The van der Waals surface area contributed by atoms with Crippen molar-refractivity contribution in [3.05, 3.63) is 12.5 Å². The van der Waals surface area contributed by atoms with Crippen molar-refractivity contribution in [2.75, 3.05) is 0 Å². The van der Waals surface area contributed by atoms with Gasteiger partial charge in [0.05, 0.1) is 12.5 Å². The summed E-state index contributed by atoms with van der Waals surface area (Å²) in [4.78, 5) is 3.99. The van der Waals surface area contributed by atoms with E-state index in [1.54, 1.807) is 21.7 Å². The summed E-state index contributed by atoms with van der Waals surface area (Å²) in [5.74, 6) is 0.483. The first-order valence-corrected chi connectivity index (χ1v) is 7.65. The first kappa shape index (κ1) is 11.7. The Hall–Kier alpha value is -1.41. The molecular weight excluding hydrogens is 278 g/mol. The number of hydrogen-bond acceptors (Lipinski definition) is 5. The maximum absolute atomic E-state index is 11.5. The molecule has 1 aliphatic carbocycles. The van der Waals surface area contributed by atoms with Gasteiger partial charge in [-0.25, -0.2) is 13.4 Å². The smallest absolute Gasteiger partial charge is 0.296 e. The zero-order chi connectivity index (χ0) is 12.9. The van der Waals surface area contributed by atoms with Crippen molar-refractivity contribution in [3.63, 3.8) is 0 Å². The van der Waals surface area contributed by atoms with Gasteiger partial charge in [0.2, 0.25) is 0 Å². The van der Waals surface area contributed by atoms with Crippen LogP contribution < -0.4 is 0 Å². The standard InChI is InChI=1S/C9H10ClN5O2S/c1-14-5-11-4-7(14)8-12-13-9(18(10,16)17)15(8)6-2-3-6/h4-6H,2-3H2,1H3. The molecule has 1 aliphatic rings. The quantitative estimate of drug-likeness (QED) is 0.785. The fraction of sp³-hybridized carbons (Fsp3) is 0.444. The zero-order valence-corrected chi connectivity index (χ0v) is 11.1. The molecular formula is C9H10ClN5O2S. The first-order valence-electron chi connectivity index (χ1n) is 5.34. The van der Waals surface area contributed by atoms with Crippen LogP contribution in [0.25, 0.3) is 11.5 Å². The first-order chi connectivity index (χ1) is 8.48. The van der Waals surface area contributed by atoms with E-state index >= 15 is 0 Å². The molecule has 0 saturated heterocycles. The van der Waals surface area contributed by atoms with Crippen LogP contribution in [0, 0.1) is 0 Å². The zero-order valence-electron chi connectivity index (χ0n) is 9.49. The predicted octanol–water partition coefficient (Wildman–Crippen LogP) is 0.941. The van der Waals surface area contributed by atoms with Gasteiger partial charge in [-0.1, -0.05) is 0 Å². The van der Waals surface area contributed by atoms with Gasteiger partial charge in [-0.15, -0.1) is 10.2 Å². The lowest BCUT2D eigenvalue weighted by Gasteiger charge is -2.07. The third-order valence-electron chi connectivity index (χ3n) is 2.84. The lowest BCUT2D eigenvalue weighted by Crippen LogP contribution is -2.07. The number of aryl methyl sites for hydroxylation is 1. The van der Waals surface area contributed by atoms with Crippen LogP contribution in [0.1, 0.15) is 18.9 Å². The molecule has 1 saturated carbocycles. The molecule has 3 rings (SSSR count). The molecule has 18 heavy (non-hydrogen) atoms. The monoisotopic (exact) mass is 287 g/mol. The van der Waals surface area contributed by atoms with E-state index in [1.807, 2.05) is 7.05 Å². The summed E-state index contributed by atoms with van der Waals surface area (Å²) in [7, 11) is 3.30. The Morgan fingerprint density at radius 2 is 2.11 bits per heavy atom. The van der Waals surface area contributed by atoms with Crippen LogP contribution in [0.15, 0.2) is 17.7 Å². The summed E-state index contributed by atoms with van der Waals surface area (Å²) in [6.07, 6.45) is 5.05. The van der Waals surface area contributed by atoms with Crippen molar-refractivity contribution >= 4 is 19.7 Å². The second-order valence-electron chi connectivity index (χ2n) is 4.23. The van der Waals surface area contributed by atoms with Gasteiger partial charge < -0.3 is 4.57 Å². The fourth-order valence-corrected chi connectivity index (χ4v) is 2.78. The van der Waals surface area contributed by atoms with Gasteiger partial charge in [-0.05, 0) is 12.8 Å². The predicted molar refractivity (Wildman–Crippen MR) is 63.5 cm³/mol. The number of rotatable bonds is 3. The molecule has 0 aromatic carbocycles. The normalized spacial score (nSPS) is 16.1. The molecule has 7 nitrogen and oxygen atoms in total. The van der Waals surface area contributed by atoms with Gasteiger partial charge >= 0.3 is 0 Å². The van der Waals surface area contributed by atoms with E-state index in [0.717, 1.165) is 12.8 Å². The van der Waals surface area contributed by atoms with Gasteiger partial charge in [0.15, 0.2) is 5.82 Å². The highest BCUT2D eigenvalue weighted by Crippen LogP contribution is 2.40. The van der Waals surface area contributed by atoms with Crippen LogP contribution in [0.3, 0.4) is 0 Å². The summed E-state index contributed by atoms with van der Waals surface area (Å²) >= 11 is 0. The van der Waals surface area contributed by atoms with Gasteiger partial charge in [0.1, 0.15) is 5.69 Å². The van der Waals surface area contributed by atoms with Crippen LogP contribution in [0.4, 0.5) is 0 Å². The largest absolute Gasteiger partial charge is 0.331 e. The third kappa shape index (κ3) is 1.81.